The van der Waals surface area contributed by atoms with Crippen molar-refractivity contribution in [3.8, 4) is 5.75 Å². The molecule has 2 rings (SSSR count). The average Bonchev–Trinajstić information content (AvgIpc) is 2.60. The maximum Gasteiger partial charge on any atom is 0.573 e. The third kappa shape index (κ3) is 6.55. The van der Waals surface area contributed by atoms with Gasteiger partial charge in [-0.1, -0.05) is 19.3 Å². The predicted molar refractivity (Wildman–Crippen MR) is 87.3 cm³/mol. The van der Waals surface area contributed by atoms with Gasteiger partial charge in [0.25, 0.3) is 0 Å². The SMILES string of the molecule is O=C(NCC(O)C1CCCCC1)C(=O)Nc1ccc(OC(F)(F)F)cc1. The molecule has 9 heteroatoms. The first-order valence-corrected chi connectivity index (χ1v) is 8.37. The number of aliphatic hydroxyl groups excluding tert-OH is 1. The second-order valence-corrected chi connectivity index (χ2v) is 6.20. The number of nitrogens with one attached hydrogen (secondary N) is 2. The molecule has 6 nitrogen and oxygen atoms in total. The molecule has 1 aliphatic carbocycles. The predicted octanol–water partition coefficient (Wildman–Crippen LogP) is 2.58. The molecule has 0 saturated heterocycles. The highest BCUT2D eigenvalue weighted by molar-refractivity contribution is 6.39. The molecule has 1 aliphatic rings. The molecule has 0 bridgehead atoms. The fourth-order valence-electron chi connectivity index (χ4n) is 2.89. The lowest BCUT2D eigenvalue weighted by atomic mass is 9.85. The van der Waals surface area contributed by atoms with Gasteiger partial charge in [-0.15, -0.1) is 13.2 Å². The Hall–Kier alpha value is -2.29. The molecule has 26 heavy (non-hydrogen) atoms. The Morgan fingerprint density at radius 1 is 1.12 bits per heavy atom. The van der Waals surface area contributed by atoms with E-state index in [0.29, 0.717) is 0 Å². The number of halogens is 3. The molecule has 1 saturated carbocycles. The zero-order valence-electron chi connectivity index (χ0n) is 14.0. The summed E-state index contributed by atoms with van der Waals surface area (Å²) >= 11 is 0. The van der Waals surface area contributed by atoms with Crippen LogP contribution in [-0.2, 0) is 9.59 Å². The van der Waals surface area contributed by atoms with E-state index in [9.17, 15) is 27.9 Å². The van der Waals surface area contributed by atoms with E-state index in [1.165, 1.54) is 12.1 Å². The summed E-state index contributed by atoms with van der Waals surface area (Å²) in [4.78, 5) is 23.6. The zero-order chi connectivity index (χ0) is 19.2. The van der Waals surface area contributed by atoms with Crippen LogP contribution in [0.15, 0.2) is 24.3 Å². The van der Waals surface area contributed by atoms with E-state index in [1.807, 2.05) is 0 Å². The minimum atomic E-state index is -4.80. The topological polar surface area (TPSA) is 87.7 Å². The van der Waals surface area contributed by atoms with Crippen LogP contribution in [0.25, 0.3) is 0 Å². The van der Waals surface area contributed by atoms with Gasteiger partial charge in [0.15, 0.2) is 0 Å². The molecule has 0 heterocycles. The Bertz CT molecular complexity index is 613. The van der Waals surface area contributed by atoms with E-state index in [-0.39, 0.29) is 18.2 Å². The van der Waals surface area contributed by atoms with E-state index in [2.05, 4.69) is 15.4 Å². The number of hydrogen-bond acceptors (Lipinski definition) is 4. The first-order valence-electron chi connectivity index (χ1n) is 8.37. The van der Waals surface area contributed by atoms with Crippen LogP contribution in [0.4, 0.5) is 18.9 Å². The lowest BCUT2D eigenvalue weighted by Crippen LogP contribution is -2.42. The van der Waals surface area contributed by atoms with Crippen LogP contribution < -0.4 is 15.4 Å². The molecule has 0 aromatic heterocycles. The molecule has 1 unspecified atom stereocenters. The van der Waals surface area contributed by atoms with E-state index >= 15 is 0 Å². The van der Waals surface area contributed by atoms with Gasteiger partial charge in [-0.2, -0.15) is 0 Å². The van der Waals surface area contributed by atoms with Gasteiger partial charge in [0.05, 0.1) is 6.10 Å². The molecule has 1 fully saturated rings. The van der Waals surface area contributed by atoms with Gasteiger partial charge in [-0.05, 0) is 43.0 Å². The van der Waals surface area contributed by atoms with Crippen LogP contribution in [0.3, 0.4) is 0 Å². The first kappa shape index (κ1) is 20.0. The van der Waals surface area contributed by atoms with Crippen LogP contribution >= 0.6 is 0 Å². The van der Waals surface area contributed by atoms with Crippen molar-refractivity contribution in [3.05, 3.63) is 24.3 Å². The molecule has 0 radical (unpaired) electrons. The van der Waals surface area contributed by atoms with Crippen molar-refractivity contribution in [1.29, 1.82) is 0 Å². The summed E-state index contributed by atoms with van der Waals surface area (Å²) in [5.41, 5.74) is 0.146. The van der Waals surface area contributed by atoms with Crippen LogP contribution in [0, 0.1) is 5.92 Å². The number of rotatable bonds is 5. The molecule has 1 aromatic carbocycles. The van der Waals surface area contributed by atoms with Crippen molar-refractivity contribution in [2.45, 2.75) is 44.6 Å². The molecule has 0 aliphatic heterocycles. The van der Waals surface area contributed by atoms with E-state index in [0.717, 1.165) is 44.2 Å². The van der Waals surface area contributed by atoms with Gasteiger partial charge < -0.3 is 20.5 Å². The minimum absolute atomic E-state index is 0.0186. The van der Waals surface area contributed by atoms with Crippen molar-refractivity contribution < 1.29 is 32.6 Å². The maximum absolute atomic E-state index is 12.1. The minimum Gasteiger partial charge on any atom is -0.406 e. The van der Waals surface area contributed by atoms with Crippen LogP contribution in [0.1, 0.15) is 32.1 Å². The van der Waals surface area contributed by atoms with Crippen molar-refractivity contribution >= 4 is 17.5 Å². The summed E-state index contributed by atoms with van der Waals surface area (Å²) < 4.78 is 39.9. The number of alkyl halides is 3. The lowest BCUT2D eigenvalue weighted by molar-refractivity contribution is -0.274. The number of ether oxygens (including phenoxy) is 1. The number of amides is 2. The fraction of sp³-hybridized carbons (Fsp3) is 0.529. The van der Waals surface area contributed by atoms with Crippen LogP contribution in [0.5, 0.6) is 5.75 Å². The molecule has 1 atom stereocenters. The molecule has 144 valence electrons. The van der Waals surface area contributed by atoms with Gasteiger partial charge in [0.1, 0.15) is 5.75 Å². The van der Waals surface area contributed by atoms with Crippen molar-refractivity contribution in [3.63, 3.8) is 0 Å². The van der Waals surface area contributed by atoms with E-state index in [4.69, 9.17) is 0 Å². The fourth-order valence-corrected chi connectivity index (χ4v) is 2.89. The summed E-state index contributed by atoms with van der Waals surface area (Å²) in [6.45, 7) is -0.0186. The molecular formula is C17H21F3N2O4. The number of carbonyl (C=O) groups excluding carboxylic acids is 2. The average molecular weight is 374 g/mol. The standard InChI is InChI=1S/C17H21F3N2O4/c18-17(19,20)26-13-8-6-12(7-9-13)22-16(25)15(24)21-10-14(23)11-4-2-1-3-5-11/h6-9,11,14,23H,1-5,10H2,(H,21,24)(H,22,25). The van der Waals surface area contributed by atoms with Gasteiger partial charge in [-0.3, -0.25) is 9.59 Å². The smallest absolute Gasteiger partial charge is 0.406 e. The summed E-state index contributed by atoms with van der Waals surface area (Å²) in [7, 11) is 0. The van der Waals surface area contributed by atoms with Crippen LogP contribution in [0.2, 0.25) is 0 Å². The van der Waals surface area contributed by atoms with Gasteiger partial charge in [0, 0.05) is 12.2 Å². The summed E-state index contributed by atoms with van der Waals surface area (Å²) in [5.74, 6) is -2.20. The summed E-state index contributed by atoms with van der Waals surface area (Å²) in [5, 5.41) is 14.7. The third-order valence-corrected chi connectivity index (χ3v) is 4.22. The largest absolute Gasteiger partial charge is 0.573 e. The highest BCUT2D eigenvalue weighted by Crippen LogP contribution is 2.26. The van der Waals surface area contributed by atoms with Gasteiger partial charge >= 0.3 is 18.2 Å². The lowest BCUT2D eigenvalue weighted by Gasteiger charge is -2.26. The summed E-state index contributed by atoms with van der Waals surface area (Å²) in [6, 6.07) is 4.41. The number of anilines is 1. The highest BCUT2D eigenvalue weighted by Gasteiger charge is 2.31. The third-order valence-electron chi connectivity index (χ3n) is 4.22. The van der Waals surface area contributed by atoms with Gasteiger partial charge in [0.2, 0.25) is 0 Å². The number of aliphatic hydroxyl groups is 1. The Labute approximate surface area is 148 Å². The van der Waals surface area contributed by atoms with E-state index < -0.39 is 30.0 Å². The zero-order valence-corrected chi connectivity index (χ0v) is 14.0. The molecule has 0 spiro atoms. The van der Waals surface area contributed by atoms with E-state index in [1.54, 1.807) is 0 Å². The normalized spacial score (nSPS) is 16.6. The number of carbonyl (C=O) groups is 2. The van der Waals surface area contributed by atoms with Crippen molar-refractivity contribution in [1.82, 2.24) is 5.32 Å². The Balaban J connectivity index is 1.78. The molecular weight excluding hydrogens is 353 g/mol. The maximum atomic E-state index is 12.1. The quantitative estimate of drug-likeness (QED) is 0.692. The number of benzene rings is 1. The monoisotopic (exact) mass is 374 g/mol. The second kappa shape index (κ2) is 8.88. The Morgan fingerprint density at radius 3 is 2.31 bits per heavy atom. The number of hydrogen-bond donors (Lipinski definition) is 3. The molecule has 2 amide bonds. The first-order chi connectivity index (χ1) is 12.2. The molecule has 1 aromatic rings. The summed E-state index contributed by atoms with van der Waals surface area (Å²) in [6.07, 6.45) is -0.473. The van der Waals surface area contributed by atoms with Crippen LogP contribution in [-0.4, -0.2) is 35.9 Å². The van der Waals surface area contributed by atoms with Crippen molar-refractivity contribution in [2.24, 2.45) is 5.92 Å². The second-order valence-electron chi connectivity index (χ2n) is 6.20. The highest BCUT2D eigenvalue weighted by atomic mass is 19.4. The Kier molecular flexibility index (Phi) is 6.84. The Morgan fingerprint density at radius 2 is 1.73 bits per heavy atom. The van der Waals surface area contributed by atoms with Gasteiger partial charge in [-0.25, -0.2) is 0 Å². The molecule has 3 N–H and O–H groups in total. The van der Waals surface area contributed by atoms with Crippen molar-refractivity contribution in [2.75, 3.05) is 11.9 Å².